The summed E-state index contributed by atoms with van der Waals surface area (Å²) in [5.74, 6) is 1.02. The molecule has 1 saturated heterocycles. The average molecular weight is 284 g/mol. The quantitative estimate of drug-likeness (QED) is 0.859. The van der Waals surface area contributed by atoms with Crippen molar-refractivity contribution in [1.29, 1.82) is 0 Å². The molecular formula is C14H24N2O2S. The average Bonchev–Trinajstić information content (AvgIpc) is 2.38. The number of carbonyl (C=O) groups is 2. The fourth-order valence-corrected chi connectivity index (χ4v) is 3.98. The van der Waals surface area contributed by atoms with Gasteiger partial charge in [-0.2, -0.15) is 11.8 Å². The molecule has 2 atom stereocenters. The van der Waals surface area contributed by atoms with Crippen LogP contribution in [0.5, 0.6) is 0 Å². The molecule has 1 aliphatic heterocycles. The maximum Gasteiger partial charge on any atom is 0.249 e. The minimum atomic E-state index is -0.603. The van der Waals surface area contributed by atoms with Crippen molar-refractivity contribution in [2.45, 2.75) is 63.6 Å². The van der Waals surface area contributed by atoms with Gasteiger partial charge in [-0.1, -0.05) is 19.3 Å². The summed E-state index contributed by atoms with van der Waals surface area (Å²) in [7, 11) is 0. The standard InChI is InChI=1S/C14H24N2O2S/c1-10(9-19-3)16-11(2)12(17)15-14(13(16)18)7-5-4-6-8-14/h10-11H,4-9H2,1-3H3,(H,15,17). The SMILES string of the molecule is CSCC(C)N1C(=O)C2(CCCCC2)NC(=O)C1C. The summed E-state index contributed by atoms with van der Waals surface area (Å²) in [6, 6.07) is -0.232. The van der Waals surface area contributed by atoms with Crippen LogP contribution in [-0.2, 0) is 9.59 Å². The molecule has 0 aromatic carbocycles. The lowest BCUT2D eigenvalue weighted by atomic mass is 9.78. The monoisotopic (exact) mass is 284 g/mol. The first-order chi connectivity index (χ1) is 9.02. The van der Waals surface area contributed by atoms with Gasteiger partial charge in [-0.3, -0.25) is 9.59 Å². The van der Waals surface area contributed by atoms with Gasteiger partial charge in [-0.05, 0) is 32.9 Å². The number of hydrogen-bond acceptors (Lipinski definition) is 3. The molecule has 0 aromatic rings. The van der Waals surface area contributed by atoms with Gasteiger partial charge in [0.25, 0.3) is 0 Å². The highest BCUT2D eigenvalue weighted by Crippen LogP contribution is 2.34. The van der Waals surface area contributed by atoms with E-state index < -0.39 is 5.54 Å². The van der Waals surface area contributed by atoms with E-state index in [-0.39, 0.29) is 23.9 Å². The van der Waals surface area contributed by atoms with E-state index in [1.54, 1.807) is 11.8 Å². The highest BCUT2D eigenvalue weighted by molar-refractivity contribution is 7.98. The molecule has 2 fully saturated rings. The molecule has 2 unspecified atom stereocenters. The Morgan fingerprint density at radius 1 is 1.37 bits per heavy atom. The molecule has 2 rings (SSSR count). The zero-order chi connectivity index (χ0) is 14.0. The highest BCUT2D eigenvalue weighted by Gasteiger charge is 2.50. The number of nitrogens with zero attached hydrogens (tertiary/aromatic N) is 1. The highest BCUT2D eigenvalue weighted by atomic mass is 32.2. The molecule has 0 aromatic heterocycles. The molecule has 1 N–H and O–H groups in total. The van der Waals surface area contributed by atoms with Crippen molar-refractivity contribution >= 4 is 23.6 Å². The van der Waals surface area contributed by atoms with Gasteiger partial charge in [0.2, 0.25) is 11.8 Å². The minimum absolute atomic E-state index is 0.00875. The van der Waals surface area contributed by atoms with Crippen molar-refractivity contribution in [2.24, 2.45) is 0 Å². The van der Waals surface area contributed by atoms with Crippen LogP contribution in [0.25, 0.3) is 0 Å². The molecule has 5 heteroatoms. The van der Waals surface area contributed by atoms with Crippen LogP contribution < -0.4 is 5.32 Å². The lowest BCUT2D eigenvalue weighted by molar-refractivity contribution is -0.158. The van der Waals surface area contributed by atoms with Gasteiger partial charge in [-0.15, -0.1) is 0 Å². The first-order valence-electron chi connectivity index (χ1n) is 7.15. The van der Waals surface area contributed by atoms with E-state index in [0.29, 0.717) is 0 Å². The van der Waals surface area contributed by atoms with Crippen LogP contribution >= 0.6 is 11.8 Å². The van der Waals surface area contributed by atoms with Gasteiger partial charge < -0.3 is 10.2 Å². The smallest absolute Gasteiger partial charge is 0.249 e. The second-order valence-corrected chi connectivity index (χ2v) is 6.74. The van der Waals surface area contributed by atoms with Crippen molar-refractivity contribution in [1.82, 2.24) is 10.2 Å². The molecular weight excluding hydrogens is 260 g/mol. The predicted molar refractivity (Wildman–Crippen MR) is 78.1 cm³/mol. The van der Waals surface area contributed by atoms with Crippen LogP contribution in [0.4, 0.5) is 0 Å². The fraction of sp³-hybridized carbons (Fsp3) is 0.857. The zero-order valence-electron chi connectivity index (χ0n) is 12.1. The van der Waals surface area contributed by atoms with E-state index in [2.05, 4.69) is 5.32 Å². The van der Waals surface area contributed by atoms with Gasteiger partial charge in [-0.25, -0.2) is 0 Å². The van der Waals surface area contributed by atoms with Crippen molar-refractivity contribution in [2.75, 3.05) is 12.0 Å². The zero-order valence-corrected chi connectivity index (χ0v) is 12.9. The van der Waals surface area contributed by atoms with Crippen LogP contribution in [0.2, 0.25) is 0 Å². The third-order valence-corrected chi connectivity index (χ3v) is 5.21. The van der Waals surface area contributed by atoms with E-state index in [9.17, 15) is 9.59 Å². The van der Waals surface area contributed by atoms with E-state index in [1.807, 2.05) is 25.0 Å². The Morgan fingerprint density at radius 3 is 2.58 bits per heavy atom. The maximum atomic E-state index is 12.9. The topological polar surface area (TPSA) is 49.4 Å². The molecule has 2 aliphatic rings. The number of carbonyl (C=O) groups excluding carboxylic acids is 2. The molecule has 108 valence electrons. The molecule has 0 radical (unpaired) electrons. The third kappa shape index (κ3) is 2.62. The Kier molecular flexibility index (Phi) is 4.43. The number of piperazine rings is 1. The van der Waals surface area contributed by atoms with Gasteiger partial charge in [0.15, 0.2) is 0 Å². The minimum Gasteiger partial charge on any atom is -0.340 e. The second kappa shape index (κ2) is 5.73. The molecule has 4 nitrogen and oxygen atoms in total. The number of rotatable bonds is 3. The van der Waals surface area contributed by atoms with Crippen molar-refractivity contribution < 1.29 is 9.59 Å². The molecule has 1 saturated carbocycles. The summed E-state index contributed by atoms with van der Waals surface area (Å²) >= 11 is 1.72. The Labute approximate surface area is 119 Å². The number of thioether (sulfide) groups is 1. The van der Waals surface area contributed by atoms with Gasteiger partial charge >= 0.3 is 0 Å². The summed E-state index contributed by atoms with van der Waals surface area (Å²) in [6.07, 6.45) is 6.86. The van der Waals surface area contributed by atoms with Crippen LogP contribution in [-0.4, -0.2) is 46.3 Å². The summed E-state index contributed by atoms with van der Waals surface area (Å²) in [4.78, 5) is 26.9. The van der Waals surface area contributed by atoms with E-state index in [4.69, 9.17) is 0 Å². The number of nitrogens with one attached hydrogen (secondary N) is 1. The predicted octanol–water partition coefficient (Wildman–Crippen LogP) is 1.79. The largest absolute Gasteiger partial charge is 0.340 e. The second-order valence-electron chi connectivity index (χ2n) is 5.82. The van der Waals surface area contributed by atoms with Crippen molar-refractivity contribution in [3.63, 3.8) is 0 Å². The fourth-order valence-electron chi connectivity index (χ4n) is 3.34. The molecule has 19 heavy (non-hydrogen) atoms. The van der Waals surface area contributed by atoms with Crippen molar-refractivity contribution in [3.05, 3.63) is 0 Å². The van der Waals surface area contributed by atoms with Gasteiger partial charge in [0.1, 0.15) is 11.6 Å². The molecule has 1 aliphatic carbocycles. The van der Waals surface area contributed by atoms with Crippen LogP contribution in [0.15, 0.2) is 0 Å². The third-order valence-electron chi connectivity index (χ3n) is 4.39. The van der Waals surface area contributed by atoms with Crippen molar-refractivity contribution in [3.8, 4) is 0 Å². The summed E-state index contributed by atoms with van der Waals surface area (Å²) < 4.78 is 0. The van der Waals surface area contributed by atoms with E-state index in [1.165, 1.54) is 6.42 Å². The molecule has 1 heterocycles. The van der Waals surface area contributed by atoms with Crippen LogP contribution in [0.3, 0.4) is 0 Å². The molecule has 1 spiro atoms. The Hall–Kier alpha value is -0.710. The van der Waals surface area contributed by atoms with Crippen LogP contribution in [0, 0.1) is 0 Å². The van der Waals surface area contributed by atoms with E-state index >= 15 is 0 Å². The van der Waals surface area contributed by atoms with Gasteiger partial charge in [0.05, 0.1) is 0 Å². The van der Waals surface area contributed by atoms with Gasteiger partial charge in [0, 0.05) is 11.8 Å². The van der Waals surface area contributed by atoms with Crippen LogP contribution in [0.1, 0.15) is 46.0 Å². The Morgan fingerprint density at radius 2 is 2.00 bits per heavy atom. The number of amides is 2. The lowest BCUT2D eigenvalue weighted by Crippen LogP contribution is -2.71. The summed E-state index contributed by atoms with van der Waals surface area (Å²) in [6.45, 7) is 3.87. The molecule has 2 amide bonds. The number of hydrogen-bond donors (Lipinski definition) is 1. The lowest BCUT2D eigenvalue weighted by Gasteiger charge is -2.48. The molecule has 0 bridgehead atoms. The summed E-state index contributed by atoms with van der Waals surface area (Å²) in [5.41, 5.74) is -0.603. The normalized spacial score (nSPS) is 28.4. The van der Waals surface area contributed by atoms with E-state index in [0.717, 1.165) is 31.4 Å². The first-order valence-corrected chi connectivity index (χ1v) is 8.55. The summed E-state index contributed by atoms with van der Waals surface area (Å²) in [5, 5.41) is 3.02. The Bertz CT molecular complexity index is 366. The first kappa shape index (κ1) is 14.7. The maximum absolute atomic E-state index is 12.9. The Balaban J connectivity index is 2.25.